The molecule has 0 radical (unpaired) electrons. The summed E-state index contributed by atoms with van der Waals surface area (Å²) < 4.78 is 25.2. The number of benzene rings is 1. The van der Waals surface area contributed by atoms with Gasteiger partial charge in [-0.25, -0.2) is 8.42 Å². The van der Waals surface area contributed by atoms with Gasteiger partial charge in [-0.2, -0.15) is 4.31 Å². The van der Waals surface area contributed by atoms with E-state index in [1.165, 1.54) is 6.07 Å². The van der Waals surface area contributed by atoms with Gasteiger partial charge >= 0.3 is 7.12 Å². The molecule has 0 bridgehead atoms. The average Bonchev–Trinajstić information content (AvgIpc) is 2.47. The first-order chi connectivity index (χ1) is 7.50. The molecule has 0 amide bonds. The van der Waals surface area contributed by atoms with Crippen molar-refractivity contribution in [2.24, 2.45) is 0 Å². The quantitative estimate of drug-likeness (QED) is 0.701. The predicted octanol–water partition coefficient (Wildman–Crippen LogP) is -0.236. The molecule has 1 aliphatic rings. The Morgan fingerprint density at radius 3 is 2.56 bits per heavy atom. The molecule has 86 valence electrons. The summed E-state index contributed by atoms with van der Waals surface area (Å²) in [5, 5.41) is 18.6. The molecule has 1 atom stereocenters. The Morgan fingerprint density at radius 2 is 2.00 bits per heavy atom. The van der Waals surface area contributed by atoms with E-state index in [1.54, 1.807) is 25.1 Å². The number of nitrogens with zero attached hydrogens (tertiary/aromatic N) is 1. The Labute approximate surface area is 94.5 Å². The van der Waals surface area contributed by atoms with Gasteiger partial charge in [0, 0.05) is 6.54 Å². The fraction of sp³-hybridized carbons (Fsp3) is 0.333. The van der Waals surface area contributed by atoms with Crippen LogP contribution in [0, 0.1) is 0 Å². The third kappa shape index (κ3) is 1.48. The molecule has 2 N–H and O–H groups in total. The molecule has 1 heterocycles. The zero-order valence-corrected chi connectivity index (χ0v) is 9.55. The zero-order chi connectivity index (χ0) is 11.9. The maximum absolute atomic E-state index is 12.0. The van der Waals surface area contributed by atoms with Gasteiger partial charge in [0.15, 0.2) is 0 Å². The summed E-state index contributed by atoms with van der Waals surface area (Å²) in [5.74, 6) is -0.897. The van der Waals surface area contributed by atoms with Crippen molar-refractivity contribution in [3.05, 3.63) is 29.8 Å². The SMILES string of the molecule is CCN1C(B(O)O)c2ccccc2S1(=O)=O. The van der Waals surface area contributed by atoms with Crippen molar-refractivity contribution in [3.63, 3.8) is 0 Å². The van der Waals surface area contributed by atoms with Crippen LogP contribution in [0.15, 0.2) is 29.2 Å². The lowest BCUT2D eigenvalue weighted by molar-refractivity contribution is 0.321. The summed E-state index contributed by atoms with van der Waals surface area (Å²) >= 11 is 0. The molecule has 5 nitrogen and oxygen atoms in total. The van der Waals surface area contributed by atoms with Gasteiger partial charge in [-0.05, 0) is 11.6 Å². The molecule has 2 rings (SSSR count). The summed E-state index contributed by atoms with van der Waals surface area (Å²) in [6, 6.07) is 6.39. The van der Waals surface area contributed by atoms with Crippen LogP contribution < -0.4 is 0 Å². The van der Waals surface area contributed by atoms with Gasteiger partial charge in [0.25, 0.3) is 0 Å². The highest BCUT2D eigenvalue weighted by Gasteiger charge is 2.46. The van der Waals surface area contributed by atoms with Gasteiger partial charge in [0.1, 0.15) is 0 Å². The molecule has 0 saturated carbocycles. The predicted molar refractivity (Wildman–Crippen MR) is 58.9 cm³/mol. The summed E-state index contributed by atoms with van der Waals surface area (Å²) in [7, 11) is -5.29. The Bertz CT molecular complexity index is 502. The van der Waals surface area contributed by atoms with E-state index >= 15 is 0 Å². The molecular formula is C9H12BNO4S. The van der Waals surface area contributed by atoms with Gasteiger partial charge in [0.2, 0.25) is 10.0 Å². The van der Waals surface area contributed by atoms with E-state index in [0.29, 0.717) is 5.56 Å². The average molecular weight is 241 g/mol. The molecule has 1 aromatic carbocycles. The number of fused-ring (bicyclic) bond motifs is 1. The van der Waals surface area contributed by atoms with E-state index in [1.807, 2.05) is 0 Å². The summed E-state index contributed by atoms with van der Waals surface area (Å²) in [5.41, 5.74) is 0.444. The minimum Gasteiger partial charge on any atom is -0.426 e. The van der Waals surface area contributed by atoms with Crippen LogP contribution in [0.4, 0.5) is 0 Å². The van der Waals surface area contributed by atoms with Crippen LogP contribution in [0.25, 0.3) is 0 Å². The molecule has 0 fully saturated rings. The third-order valence-electron chi connectivity index (χ3n) is 2.73. The van der Waals surface area contributed by atoms with Crippen LogP contribution >= 0.6 is 0 Å². The Balaban J connectivity index is 2.66. The van der Waals surface area contributed by atoms with Gasteiger partial charge in [0.05, 0.1) is 10.8 Å². The zero-order valence-electron chi connectivity index (χ0n) is 8.74. The van der Waals surface area contributed by atoms with E-state index in [2.05, 4.69) is 0 Å². The molecule has 7 heteroatoms. The van der Waals surface area contributed by atoms with E-state index < -0.39 is 23.1 Å². The summed E-state index contributed by atoms with van der Waals surface area (Å²) in [6.07, 6.45) is 0. The van der Waals surface area contributed by atoms with Crippen molar-refractivity contribution in [3.8, 4) is 0 Å². The normalized spacial score (nSPS) is 23.1. The second-order valence-corrected chi connectivity index (χ2v) is 5.46. The van der Waals surface area contributed by atoms with Crippen molar-refractivity contribution in [2.75, 3.05) is 6.54 Å². The van der Waals surface area contributed by atoms with E-state index in [-0.39, 0.29) is 11.4 Å². The highest BCUT2D eigenvalue weighted by atomic mass is 32.2. The van der Waals surface area contributed by atoms with Crippen LogP contribution in [0.2, 0.25) is 0 Å². The molecule has 16 heavy (non-hydrogen) atoms. The highest BCUT2D eigenvalue weighted by molar-refractivity contribution is 7.89. The van der Waals surface area contributed by atoms with Crippen molar-refractivity contribution in [1.82, 2.24) is 4.31 Å². The molecule has 0 saturated heterocycles. The van der Waals surface area contributed by atoms with Gasteiger partial charge in [-0.15, -0.1) is 0 Å². The van der Waals surface area contributed by atoms with Crippen LogP contribution in [-0.2, 0) is 10.0 Å². The largest absolute Gasteiger partial charge is 0.475 e. The maximum atomic E-state index is 12.0. The number of hydrogen-bond donors (Lipinski definition) is 2. The molecule has 1 aromatic rings. The fourth-order valence-corrected chi connectivity index (χ4v) is 3.92. The number of rotatable bonds is 2. The first-order valence-electron chi connectivity index (χ1n) is 4.97. The van der Waals surface area contributed by atoms with Crippen molar-refractivity contribution >= 4 is 17.1 Å². The van der Waals surface area contributed by atoms with E-state index in [0.717, 1.165) is 4.31 Å². The second kappa shape index (κ2) is 3.85. The van der Waals surface area contributed by atoms with Crippen LogP contribution in [0.3, 0.4) is 0 Å². The van der Waals surface area contributed by atoms with Crippen molar-refractivity contribution < 1.29 is 18.5 Å². The summed E-state index contributed by atoms with van der Waals surface area (Å²) in [4.78, 5) is 0.162. The number of hydrogen-bond acceptors (Lipinski definition) is 4. The lowest BCUT2D eigenvalue weighted by atomic mass is 9.75. The van der Waals surface area contributed by atoms with Gasteiger partial charge < -0.3 is 10.0 Å². The maximum Gasteiger partial charge on any atom is 0.475 e. The Hall–Kier alpha value is -0.885. The number of sulfonamides is 1. The lowest BCUT2D eigenvalue weighted by Gasteiger charge is -2.20. The van der Waals surface area contributed by atoms with Crippen LogP contribution in [0.5, 0.6) is 0 Å². The fourth-order valence-electron chi connectivity index (χ4n) is 2.07. The van der Waals surface area contributed by atoms with Crippen molar-refractivity contribution in [1.29, 1.82) is 0 Å². The second-order valence-electron chi connectivity index (χ2n) is 3.60. The molecule has 0 aromatic heterocycles. The molecule has 1 unspecified atom stereocenters. The van der Waals surface area contributed by atoms with Gasteiger partial charge in [-0.3, -0.25) is 0 Å². The molecule has 0 aliphatic carbocycles. The first-order valence-corrected chi connectivity index (χ1v) is 6.41. The van der Waals surface area contributed by atoms with E-state index in [9.17, 15) is 18.5 Å². The van der Waals surface area contributed by atoms with Crippen LogP contribution in [-0.4, -0.2) is 36.4 Å². The van der Waals surface area contributed by atoms with Crippen LogP contribution in [0.1, 0.15) is 18.4 Å². The smallest absolute Gasteiger partial charge is 0.426 e. The summed E-state index contributed by atoms with van der Waals surface area (Å²) in [6.45, 7) is 1.87. The topological polar surface area (TPSA) is 77.8 Å². The van der Waals surface area contributed by atoms with E-state index in [4.69, 9.17) is 0 Å². The lowest BCUT2D eigenvalue weighted by Crippen LogP contribution is -2.37. The minimum absolute atomic E-state index is 0.162. The van der Waals surface area contributed by atoms with Gasteiger partial charge in [-0.1, -0.05) is 25.1 Å². The third-order valence-corrected chi connectivity index (χ3v) is 4.76. The standard InChI is InChI=1S/C9H12BNO4S/c1-2-11-9(10(12)13)7-5-3-4-6-8(7)16(11,14)15/h3-6,9,12-13H,2H2,1H3. The molecule has 0 spiro atoms. The minimum atomic E-state index is -3.58. The van der Waals surface area contributed by atoms with Crippen molar-refractivity contribution in [2.45, 2.75) is 17.8 Å². The Morgan fingerprint density at radius 1 is 1.38 bits per heavy atom. The molecular weight excluding hydrogens is 229 g/mol. The molecule has 1 aliphatic heterocycles. The first kappa shape index (κ1) is 11.6. The monoisotopic (exact) mass is 241 g/mol. The Kier molecular flexibility index (Phi) is 2.79. The highest BCUT2D eigenvalue weighted by Crippen LogP contribution is 2.39.